The largest absolute Gasteiger partial charge is 0.376 e. The van der Waals surface area contributed by atoms with Crippen molar-refractivity contribution in [1.29, 1.82) is 0 Å². The third kappa shape index (κ3) is 1.68. The molecule has 0 radical (unpaired) electrons. The van der Waals surface area contributed by atoms with Crippen LogP contribution in [0.2, 0.25) is 0 Å². The standard InChI is InChI=1S/C12H10ClNS/c13-8-5-6-12-10(7-8)14-9-3-1-2-4-11(9)15-12/h1-7,10,12,14H/t10-,12+/m1/s1. The Morgan fingerprint density at radius 1 is 1.27 bits per heavy atom. The molecule has 1 aromatic carbocycles. The minimum absolute atomic E-state index is 0.322. The van der Waals surface area contributed by atoms with Gasteiger partial charge in [-0.3, -0.25) is 0 Å². The lowest BCUT2D eigenvalue weighted by molar-refractivity contribution is 0.877. The molecule has 2 atom stereocenters. The number of halogens is 1. The van der Waals surface area contributed by atoms with Gasteiger partial charge in [0.25, 0.3) is 0 Å². The molecule has 1 aliphatic carbocycles. The van der Waals surface area contributed by atoms with E-state index in [0.29, 0.717) is 11.3 Å². The molecule has 0 bridgehead atoms. The number of anilines is 1. The Labute approximate surface area is 98.2 Å². The number of hydrogen-bond acceptors (Lipinski definition) is 2. The number of thioether (sulfide) groups is 1. The van der Waals surface area contributed by atoms with Gasteiger partial charge in [-0.15, -0.1) is 11.8 Å². The second-order valence-corrected chi connectivity index (χ2v) is 5.32. The van der Waals surface area contributed by atoms with Gasteiger partial charge in [-0.05, 0) is 24.3 Å². The molecule has 1 N–H and O–H groups in total. The Morgan fingerprint density at radius 3 is 3.07 bits per heavy atom. The van der Waals surface area contributed by atoms with Gasteiger partial charge in [-0.25, -0.2) is 0 Å². The second kappa shape index (κ2) is 3.62. The third-order valence-electron chi connectivity index (χ3n) is 2.61. The number of nitrogens with one attached hydrogen (secondary N) is 1. The molecule has 0 saturated heterocycles. The lowest BCUT2D eigenvalue weighted by Gasteiger charge is -2.32. The predicted octanol–water partition coefficient (Wildman–Crippen LogP) is 3.63. The molecular weight excluding hydrogens is 226 g/mol. The van der Waals surface area contributed by atoms with Crippen molar-refractivity contribution in [2.24, 2.45) is 0 Å². The maximum atomic E-state index is 5.99. The number of benzene rings is 1. The van der Waals surface area contributed by atoms with Gasteiger partial charge in [0.2, 0.25) is 0 Å². The monoisotopic (exact) mass is 235 g/mol. The second-order valence-electron chi connectivity index (χ2n) is 3.66. The van der Waals surface area contributed by atoms with E-state index < -0.39 is 0 Å². The van der Waals surface area contributed by atoms with Crippen molar-refractivity contribution < 1.29 is 0 Å². The van der Waals surface area contributed by atoms with E-state index >= 15 is 0 Å². The van der Waals surface area contributed by atoms with Crippen LogP contribution in [0.15, 0.2) is 52.4 Å². The van der Waals surface area contributed by atoms with Crippen molar-refractivity contribution in [1.82, 2.24) is 0 Å². The summed E-state index contributed by atoms with van der Waals surface area (Å²) in [4.78, 5) is 1.31. The fourth-order valence-electron chi connectivity index (χ4n) is 1.88. The molecule has 0 amide bonds. The minimum atomic E-state index is 0.322. The first kappa shape index (κ1) is 9.37. The van der Waals surface area contributed by atoms with E-state index in [-0.39, 0.29) is 0 Å². The van der Waals surface area contributed by atoms with Crippen molar-refractivity contribution in [3.63, 3.8) is 0 Å². The average Bonchev–Trinajstić information content (AvgIpc) is 2.26. The number of para-hydroxylation sites is 1. The number of hydrogen-bond donors (Lipinski definition) is 1. The molecular formula is C12H10ClNS. The molecule has 1 aromatic rings. The zero-order valence-electron chi connectivity index (χ0n) is 7.98. The lowest BCUT2D eigenvalue weighted by atomic mass is 10.1. The number of fused-ring (bicyclic) bond motifs is 2. The predicted molar refractivity (Wildman–Crippen MR) is 66.6 cm³/mol. The molecule has 1 heterocycles. The molecule has 2 aliphatic rings. The van der Waals surface area contributed by atoms with E-state index in [4.69, 9.17) is 11.6 Å². The zero-order chi connectivity index (χ0) is 10.3. The van der Waals surface area contributed by atoms with Crippen molar-refractivity contribution in [2.75, 3.05) is 5.32 Å². The van der Waals surface area contributed by atoms with E-state index in [0.717, 1.165) is 5.03 Å². The van der Waals surface area contributed by atoms with E-state index in [2.05, 4.69) is 41.7 Å². The van der Waals surface area contributed by atoms with Crippen molar-refractivity contribution in [3.8, 4) is 0 Å². The van der Waals surface area contributed by atoms with Crippen LogP contribution in [0.4, 0.5) is 5.69 Å². The van der Waals surface area contributed by atoms with Crippen LogP contribution in [0.25, 0.3) is 0 Å². The highest BCUT2D eigenvalue weighted by atomic mass is 35.5. The maximum absolute atomic E-state index is 5.99. The van der Waals surface area contributed by atoms with Gasteiger partial charge >= 0.3 is 0 Å². The summed E-state index contributed by atoms with van der Waals surface area (Å²) >= 11 is 7.88. The first-order valence-electron chi connectivity index (χ1n) is 4.91. The van der Waals surface area contributed by atoms with Crippen LogP contribution in [0.1, 0.15) is 0 Å². The van der Waals surface area contributed by atoms with Crippen molar-refractivity contribution in [2.45, 2.75) is 16.2 Å². The Kier molecular flexibility index (Phi) is 2.26. The highest BCUT2D eigenvalue weighted by molar-refractivity contribution is 8.00. The van der Waals surface area contributed by atoms with Crippen LogP contribution < -0.4 is 5.32 Å². The number of allylic oxidation sites excluding steroid dienone is 2. The highest BCUT2D eigenvalue weighted by Crippen LogP contribution is 2.40. The Balaban J connectivity index is 1.98. The Bertz CT molecular complexity index is 453. The number of rotatable bonds is 0. The molecule has 0 spiro atoms. The van der Waals surface area contributed by atoms with E-state index in [9.17, 15) is 0 Å². The molecule has 1 aliphatic heterocycles. The topological polar surface area (TPSA) is 12.0 Å². The Hall–Kier alpha value is -0.860. The molecule has 0 saturated carbocycles. The molecule has 76 valence electrons. The van der Waals surface area contributed by atoms with Crippen molar-refractivity contribution in [3.05, 3.63) is 47.5 Å². The SMILES string of the molecule is ClC1=C[C@H]2Nc3ccccc3S[C@H]2C=C1. The van der Waals surface area contributed by atoms with Crippen LogP contribution in [-0.2, 0) is 0 Å². The van der Waals surface area contributed by atoms with Gasteiger partial charge in [0.1, 0.15) is 0 Å². The van der Waals surface area contributed by atoms with Crippen molar-refractivity contribution >= 4 is 29.1 Å². The molecule has 0 unspecified atom stereocenters. The maximum Gasteiger partial charge on any atom is 0.0619 e. The minimum Gasteiger partial charge on any atom is -0.376 e. The fraction of sp³-hybridized carbons (Fsp3) is 0.167. The van der Waals surface area contributed by atoms with E-state index in [1.54, 1.807) is 0 Å². The lowest BCUT2D eigenvalue weighted by Crippen LogP contribution is -2.33. The average molecular weight is 236 g/mol. The third-order valence-corrected chi connectivity index (χ3v) is 4.19. The van der Waals surface area contributed by atoms with Crippen LogP contribution in [-0.4, -0.2) is 11.3 Å². The highest BCUT2D eigenvalue weighted by Gasteiger charge is 2.27. The molecule has 0 fully saturated rings. The summed E-state index contributed by atoms with van der Waals surface area (Å²) in [5, 5.41) is 4.78. The van der Waals surface area contributed by atoms with Crippen LogP contribution in [0.5, 0.6) is 0 Å². The van der Waals surface area contributed by atoms with Gasteiger partial charge < -0.3 is 5.32 Å². The van der Waals surface area contributed by atoms with E-state index in [1.165, 1.54) is 10.6 Å². The molecule has 3 rings (SSSR count). The summed E-state index contributed by atoms with van der Waals surface area (Å²) in [6.45, 7) is 0. The van der Waals surface area contributed by atoms with Gasteiger partial charge in [0.15, 0.2) is 0 Å². The van der Waals surface area contributed by atoms with Crippen LogP contribution in [0, 0.1) is 0 Å². The molecule has 0 aromatic heterocycles. The molecule has 3 heteroatoms. The summed E-state index contributed by atoms with van der Waals surface area (Å²) in [7, 11) is 0. The smallest absolute Gasteiger partial charge is 0.0619 e. The summed E-state index contributed by atoms with van der Waals surface area (Å²) in [5.41, 5.74) is 1.21. The van der Waals surface area contributed by atoms with Crippen LogP contribution in [0.3, 0.4) is 0 Å². The Morgan fingerprint density at radius 2 is 2.13 bits per heavy atom. The molecule has 1 nitrogen and oxygen atoms in total. The summed E-state index contributed by atoms with van der Waals surface area (Å²) in [6, 6.07) is 8.71. The van der Waals surface area contributed by atoms with Gasteiger partial charge in [0.05, 0.1) is 11.3 Å². The zero-order valence-corrected chi connectivity index (χ0v) is 9.55. The van der Waals surface area contributed by atoms with Gasteiger partial charge in [-0.1, -0.05) is 29.8 Å². The summed E-state index contributed by atoms with van der Waals surface area (Å²) in [5.74, 6) is 0. The van der Waals surface area contributed by atoms with E-state index in [1.807, 2.05) is 17.8 Å². The van der Waals surface area contributed by atoms with Crippen LogP contribution >= 0.6 is 23.4 Å². The van der Waals surface area contributed by atoms with Gasteiger partial charge in [0, 0.05) is 15.6 Å². The molecule has 15 heavy (non-hydrogen) atoms. The van der Waals surface area contributed by atoms with Gasteiger partial charge in [-0.2, -0.15) is 0 Å². The first-order chi connectivity index (χ1) is 7.33. The summed E-state index contributed by atoms with van der Waals surface area (Å²) < 4.78 is 0. The quantitative estimate of drug-likeness (QED) is 0.737. The normalized spacial score (nSPS) is 27.4. The summed E-state index contributed by atoms with van der Waals surface area (Å²) in [6.07, 6.45) is 6.22. The fourth-order valence-corrected chi connectivity index (χ4v) is 3.24. The first-order valence-corrected chi connectivity index (χ1v) is 6.16.